The highest BCUT2D eigenvalue weighted by atomic mass is 16.5. The molecule has 2 aromatic heterocycles. The molecular formula is C27H29N5O2. The summed E-state index contributed by atoms with van der Waals surface area (Å²) in [5.74, 6) is 1.22. The first-order valence-corrected chi connectivity index (χ1v) is 11.4. The van der Waals surface area contributed by atoms with Gasteiger partial charge in [0.2, 0.25) is 0 Å². The van der Waals surface area contributed by atoms with Crippen molar-refractivity contribution in [2.45, 2.75) is 13.0 Å². The van der Waals surface area contributed by atoms with Gasteiger partial charge in [0.15, 0.2) is 0 Å². The molecule has 5 rings (SSSR count). The first-order valence-electron chi connectivity index (χ1n) is 11.4. The molecular weight excluding hydrogens is 426 g/mol. The van der Waals surface area contributed by atoms with Crippen LogP contribution in [-0.2, 0) is 4.74 Å². The lowest BCUT2D eigenvalue weighted by Gasteiger charge is -2.29. The van der Waals surface area contributed by atoms with Crippen LogP contribution in [0.15, 0.2) is 60.8 Å². The van der Waals surface area contributed by atoms with E-state index in [9.17, 15) is 0 Å². The number of nitrogen functional groups attached to an aromatic ring is 1. The van der Waals surface area contributed by atoms with Gasteiger partial charge >= 0.3 is 0 Å². The van der Waals surface area contributed by atoms with Crippen LogP contribution in [0.5, 0.6) is 5.75 Å². The molecule has 7 heteroatoms. The van der Waals surface area contributed by atoms with Crippen LogP contribution in [0.1, 0.15) is 22.9 Å². The van der Waals surface area contributed by atoms with Gasteiger partial charge in [0.25, 0.3) is 0 Å². The molecule has 1 fully saturated rings. The van der Waals surface area contributed by atoms with Crippen molar-refractivity contribution in [1.29, 1.82) is 0 Å². The summed E-state index contributed by atoms with van der Waals surface area (Å²) in [5.41, 5.74) is 19.9. The summed E-state index contributed by atoms with van der Waals surface area (Å²) in [5, 5.41) is 1.03. The van der Waals surface area contributed by atoms with E-state index in [0.717, 1.165) is 51.9 Å². The summed E-state index contributed by atoms with van der Waals surface area (Å²) < 4.78 is 11.0. The third-order valence-corrected chi connectivity index (χ3v) is 6.42. The van der Waals surface area contributed by atoms with Gasteiger partial charge in [-0.15, -0.1) is 0 Å². The molecule has 174 valence electrons. The van der Waals surface area contributed by atoms with Crippen molar-refractivity contribution in [1.82, 2.24) is 9.97 Å². The van der Waals surface area contributed by atoms with Gasteiger partial charge in [-0.1, -0.05) is 24.3 Å². The quantitative estimate of drug-likeness (QED) is 0.468. The SMILES string of the molecule is COc1cccnc1C(N)c1cccc(C)c1-c1ccc2nc(N)c(N3CCOCC3)cc2c1. The molecule has 2 aromatic carbocycles. The largest absolute Gasteiger partial charge is 0.495 e. The number of aryl methyl sites for hydroxylation is 1. The Hall–Kier alpha value is -3.68. The Morgan fingerprint density at radius 2 is 1.88 bits per heavy atom. The van der Waals surface area contributed by atoms with Gasteiger partial charge in [-0.25, -0.2) is 4.98 Å². The maximum Gasteiger partial charge on any atom is 0.147 e. The fourth-order valence-corrected chi connectivity index (χ4v) is 4.69. The molecule has 0 saturated carbocycles. The zero-order valence-corrected chi connectivity index (χ0v) is 19.5. The Kier molecular flexibility index (Phi) is 6.04. The predicted molar refractivity (Wildman–Crippen MR) is 136 cm³/mol. The number of rotatable bonds is 5. The van der Waals surface area contributed by atoms with Crippen LogP contribution in [-0.4, -0.2) is 43.4 Å². The van der Waals surface area contributed by atoms with E-state index < -0.39 is 6.04 Å². The maximum absolute atomic E-state index is 6.76. The second kappa shape index (κ2) is 9.29. The van der Waals surface area contributed by atoms with Gasteiger partial charge in [0.05, 0.1) is 37.6 Å². The summed E-state index contributed by atoms with van der Waals surface area (Å²) in [6.07, 6.45) is 1.74. The second-order valence-corrected chi connectivity index (χ2v) is 8.51. The minimum atomic E-state index is -0.435. The number of fused-ring (bicyclic) bond motifs is 1. The van der Waals surface area contributed by atoms with Crippen LogP contribution in [0.2, 0.25) is 0 Å². The number of methoxy groups -OCH3 is 1. The molecule has 4 aromatic rings. The number of hydrogen-bond acceptors (Lipinski definition) is 7. The molecule has 0 radical (unpaired) electrons. The number of pyridine rings is 2. The Morgan fingerprint density at radius 1 is 1.06 bits per heavy atom. The van der Waals surface area contributed by atoms with Crippen molar-refractivity contribution < 1.29 is 9.47 Å². The second-order valence-electron chi connectivity index (χ2n) is 8.51. The Bertz CT molecular complexity index is 1330. The minimum Gasteiger partial charge on any atom is -0.495 e. The van der Waals surface area contributed by atoms with Crippen LogP contribution < -0.4 is 21.1 Å². The van der Waals surface area contributed by atoms with Crippen molar-refractivity contribution in [2.75, 3.05) is 44.0 Å². The molecule has 3 heterocycles. The average Bonchev–Trinajstić information content (AvgIpc) is 2.88. The van der Waals surface area contributed by atoms with E-state index in [1.165, 1.54) is 0 Å². The monoisotopic (exact) mass is 455 g/mol. The van der Waals surface area contributed by atoms with E-state index in [2.05, 4.69) is 52.1 Å². The third kappa shape index (κ3) is 4.04. The fraction of sp³-hybridized carbons (Fsp3) is 0.259. The summed E-state index contributed by atoms with van der Waals surface area (Å²) in [6.45, 7) is 5.10. The number of hydrogen-bond donors (Lipinski definition) is 2. The summed E-state index contributed by atoms with van der Waals surface area (Å²) in [4.78, 5) is 11.4. The number of ether oxygens (including phenoxy) is 2. The zero-order valence-electron chi connectivity index (χ0n) is 19.5. The minimum absolute atomic E-state index is 0.435. The molecule has 1 aliphatic rings. The number of anilines is 2. The molecule has 4 N–H and O–H groups in total. The lowest BCUT2D eigenvalue weighted by Crippen LogP contribution is -2.36. The van der Waals surface area contributed by atoms with Gasteiger partial charge in [-0.2, -0.15) is 0 Å². The molecule has 7 nitrogen and oxygen atoms in total. The van der Waals surface area contributed by atoms with Crippen molar-refractivity contribution in [3.63, 3.8) is 0 Å². The van der Waals surface area contributed by atoms with Crippen LogP contribution in [0.25, 0.3) is 22.0 Å². The molecule has 0 bridgehead atoms. The van der Waals surface area contributed by atoms with Gasteiger partial charge in [-0.3, -0.25) is 4.98 Å². The molecule has 0 amide bonds. The van der Waals surface area contributed by atoms with E-state index in [1.54, 1.807) is 13.3 Å². The zero-order chi connectivity index (χ0) is 23.7. The number of nitrogens with two attached hydrogens (primary N) is 2. The van der Waals surface area contributed by atoms with Crippen LogP contribution in [0.3, 0.4) is 0 Å². The van der Waals surface area contributed by atoms with Crippen molar-refractivity contribution in [2.24, 2.45) is 5.73 Å². The van der Waals surface area contributed by atoms with Gasteiger partial charge in [0, 0.05) is 24.7 Å². The highest BCUT2D eigenvalue weighted by molar-refractivity contribution is 5.91. The van der Waals surface area contributed by atoms with Gasteiger partial charge < -0.3 is 25.8 Å². The lowest BCUT2D eigenvalue weighted by molar-refractivity contribution is 0.123. The van der Waals surface area contributed by atoms with E-state index >= 15 is 0 Å². The first kappa shape index (κ1) is 22.1. The molecule has 1 atom stereocenters. The van der Waals surface area contributed by atoms with Crippen LogP contribution >= 0.6 is 0 Å². The molecule has 34 heavy (non-hydrogen) atoms. The van der Waals surface area contributed by atoms with E-state index in [1.807, 2.05) is 24.3 Å². The maximum atomic E-state index is 6.76. The summed E-state index contributed by atoms with van der Waals surface area (Å²) in [7, 11) is 1.64. The number of benzene rings is 2. The van der Waals surface area contributed by atoms with E-state index in [4.69, 9.17) is 20.9 Å². The lowest BCUT2D eigenvalue weighted by atomic mass is 9.89. The standard InChI is InChI=1S/C27H29N5O2/c1-17-5-3-6-20(25(28)26-23(33-2)7-4-10-30-26)24(17)18-8-9-21-19(15-18)16-22(27(29)31-21)32-11-13-34-14-12-32/h3-10,15-16,25H,11-14,28H2,1-2H3,(H2,29,31). The fourth-order valence-electron chi connectivity index (χ4n) is 4.69. The summed E-state index contributed by atoms with van der Waals surface area (Å²) >= 11 is 0. The van der Waals surface area contributed by atoms with E-state index in [0.29, 0.717) is 30.5 Å². The highest BCUT2D eigenvalue weighted by Gasteiger charge is 2.21. The van der Waals surface area contributed by atoms with Gasteiger partial charge in [0.1, 0.15) is 17.3 Å². The topological polar surface area (TPSA) is 99.5 Å². The summed E-state index contributed by atoms with van der Waals surface area (Å²) in [6, 6.07) is 17.9. The average molecular weight is 456 g/mol. The molecule has 1 saturated heterocycles. The number of aromatic nitrogens is 2. The highest BCUT2D eigenvalue weighted by Crippen LogP contribution is 2.37. The van der Waals surface area contributed by atoms with Crippen molar-refractivity contribution >= 4 is 22.4 Å². The Labute approximate surface area is 199 Å². The predicted octanol–water partition coefficient (Wildman–Crippen LogP) is 4.08. The van der Waals surface area contributed by atoms with Gasteiger partial charge in [-0.05, 0) is 59.5 Å². The van der Waals surface area contributed by atoms with Crippen molar-refractivity contribution in [3.05, 3.63) is 77.6 Å². The molecule has 0 spiro atoms. The van der Waals surface area contributed by atoms with Crippen LogP contribution in [0.4, 0.5) is 11.5 Å². The Morgan fingerprint density at radius 3 is 2.68 bits per heavy atom. The Balaban J connectivity index is 1.61. The third-order valence-electron chi connectivity index (χ3n) is 6.42. The molecule has 1 unspecified atom stereocenters. The van der Waals surface area contributed by atoms with E-state index in [-0.39, 0.29) is 0 Å². The smallest absolute Gasteiger partial charge is 0.147 e. The van der Waals surface area contributed by atoms with Crippen molar-refractivity contribution in [3.8, 4) is 16.9 Å². The number of nitrogens with zero attached hydrogens (tertiary/aromatic N) is 3. The first-order chi connectivity index (χ1) is 16.6. The molecule has 1 aliphatic heterocycles. The molecule has 0 aliphatic carbocycles. The number of morpholine rings is 1. The van der Waals surface area contributed by atoms with Crippen LogP contribution in [0, 0.1) is 6.92 Å². The normalized spacial score (nSPS) is 14.9.